The van der Waals surface area contributed by atoms with Crippen LogP contribution < -0.4 is 10.2 Å². The molecule has 0 saturated carbocycles. The lowest BCUT2D eigenvalue weighted by molar-refractivity contribution is 0.188. The Kier molecular flexibility index (Phi) is 4.96. The molecule has 5 rings (SSSR count). The number of hydrogen-bond donors (Lipinski definition) is 1. The Bertz CT molecular complexity index is 1020. The third kappa shape index (κ3) is 3.45. The number of methoxy groups -OCH3 is 1. The van der Waals surface area contributed by atoms with E-state index >= 15 is 0 Å². The van der Waals surface area contributed by atoms with Gasteiger partial charge in [0.2, 0.25) is 0 Å². The number of aromatic nitrogens is 4. The van der Waals surface area contributed by atoms with Crippen LogP contribution in [-0.4, -0.2) is 70.3 Å². The normalized spacial score (nSPS) is 20.7. The zero-order valence-corrected chi connectivity index (χ0v) is 16.9. The number of para-hydroxylation sites is 1. The molecule has 156 valence electrons. The van der Waals surface area contributed by atoms with Gasteiger partial charge in [-0.1, -0.05) is 18.2 Å². The summed E-state index contributed by atoms with van der Waals surface area (Å²) in [7, 11) is 1.69. The van der Waals surface area contributed by atoms with E-state index in [9.17, 15) is 4.79 Å². The average molecular weight is 407 g/mol. The van der Waals surface area contributed by atoms with Gasteiger partial charge in [0.15, 0.2) is 17.0 Å². The van der Waals surface area contributed by atoms with Crippen molar-refractivity contribution in [1.82, 2.24) is 24.4 Å². The van der Waals surface area contributed by atoms with Gasteiger partial charge in [0.05, 0.1) is 12.9 Å². The minimum atomic E-state index is -0.0246. The van der Waals surface area contributed by atoms with Crippen molar-refractivity contribution in [3.8, 4) is 0 Å². The van der Waals surface area contributed by atoms with Gasteiger partial charge in [-0.25, -0.2) is 19.7 Å². The van der Waals surface area contributed by atoms with Gasteiger partial charge in [0.1, 0.15) is 6.33 Å². The van der Waals surface area contributed by atoms with Gasteiger partial charge in [-0.05, 0) is 12.1 Å². The molecule has 9 heteroatoms. The number of carbonyl (C=O) groups is 1. The van der Waals surface area contributed by atoms with E-state index in [-0.39, 0.29) is 6.03 Å². The zero-order chi connectivity index (χ0) is 20.5. The lowest BCUT2D eigenvalue weighted by atomic mass is 10.0. The molecule has 1 N–H and O–H groups in total. The quantitative estimate of drug-likeness (QED) is 0.697. The number of anilines is 2. The number of ether oxygens (including phenoxy) is 1. The Morgan fingerprint density at radius 1 is 1.10 bits per heavy atom. The molecule has 30 heavy (non-hydrogen) atoms. The molecule has 2 aliphatic rings. The van der Waals surface area contributed by atoms with E-state index in [1.54, 1.807) is 19.8 Å². The van der Waals surface area contributed by atoms with Crippen LogP contribution in [0, 0.1) is 11.8 Å². The fraction of sp³-hybridized carbons (Fsp3) is 0.429. The summed E-state index contributed by atoms with van der Waals surface area (Å²) in [6.07, 6.45) is 3.41. The summed E-state index contributed by atoms with van der Waals surface area (Å²) in [5.74, 6) is 1.75. The SMILES string of the molecule is COCCn1cnc2c(N3CC4CN(C(=O)Nc5ccccc5)CC4C3)ncnc21. The Balaban J connectivity index is 1.26. The molecule has 2 amide bonds. The second-order valence-electron chi connectivity index (χ2n) is 7.93. The molecule has 2 unspecified atom stereocenters. The summed E-state index contributed by atoms with van der Waals surface area (Å²) in [5.41, 5.74) is 2.49. The Hall–Kier alpha value is -3.20. The minimum absolute atomic E-state index is 0.0246. The van der Waals surface area contributed by atoms with Gasteiger partial charge in [-0.2, -0.15) is 0 Å². The van der Waals surface area contributed by atoms with Gasteiger partial charge in [0.25, 0.3) is 0 Å². The van der Waals surface area contributed by atoms with Crippen molar-refractivity contribution < 1.29 is 9.53 Å². The number of likely N-dealkylation sites (tertiary alicyclic amines) is 1. The number of urea groups is 1. The van der Waals surface area contributed by atoms with Crippen molar-refractivity contribution in [3.05, 3.63) is 43.0 Å². The van der Waals surface area contributed by atoms with E-state index in [1.807, 2.05) is 39.8 Å². The van der Waals surface area contributed by atoms with E-state index < -0.39 is 0 Å². The van der Waals surface area contributed by atoms with Crippen LogP contribution in [0.25, 0.3) is 11.2 Å². The highest BCUT2D eigenvalue weighted by Crippen LogP contribution is 2.35. The molecule has 0 bridgehead atoms. The highest BCUT2D eigenvalue weighted by Gasteiger charge is 2.42. The van der Waals surface area contributed by atoms with Crippen molar-refractivity contribution in [3.63, 3.8) is 0 Å². The maximum Gasteiger partial charge on any atom is 0.321 e. The summed E-state index contributed by atoms with van der Waals surface area (Å²) in [6.45, 7) is 4.58. The standard InChI is InChI=1S/C21H25N7O2/c1-30-8-7-26-14-24-18-19(26)22-13-23-20(18)27-9-15-11-28(12-16(15)10-27)21(29)25-17-5-3-2-4-6-17/h2-6,13-16H,7-12H2,1H3,(H,25,29). The van der Waals surface area contributed by atoms with Crippen molar-refractivity contribution in [2.45, 2.75) is 6.54 Å². The zero-order valence-electron chi connectivity index (χ0n) is 16.9. The van der Waals surface area contributed by atoms with Gasteiger partial charge in [0, 0.05) is 57.4 Å². The van der Waals surface area contributed by atoms with E-state index in [2.05, 4.69) is 25.2 Å². The van der Waals surface area contributed by atoms with E-state index in [0.717, 1.165) is 48.8 Å². The van der Waals surface area contributed by atoms with Gasteiger partial charge >= 0.3 is 6.03 Å². The second-order valence-corrected chi connectivity index (χ2v) is 7.93. The van der Waals surface area contributed by atoms with E-state index in [4.69, 9.17) is 4.74 Å². The molecule has 2 atom stereocenters. The monoisotopic (exact) mass is 407 g/mol. The van der Waals surface area contributed by atoms with E-state index in [1.165, 1.54) is 0 Å². The number of nitrogens with one attached hydrogen (secondary N) is 1. The summed E-state index contributed by atoms with van der Waals surface area (Å²) in [4.78, 5) is 30.4. The number of fused-ring (bicyclic) bond motifs is 2. The molecule has 0 spiro atoms. The van der Waals surface area contributed by atoms with Crippen LogP contribution in [0.2, 0.25) is 0 Å². The highest BCUT2D eigenvalue weighted by atomic mass is 16.5. The Morgan fingerprint density at radius 2 is 1.87 bits per heavy atom. The van der Waals surface area contributed by atoms with Gasteiger partial charge < -0.3 is 24.4 Å². The third-order valence-electron chi connectivity index (χ3n) is 6.02. The number of benzene rings is 1. The molecule has 0 aliphatic carbocycles. The van der Waals surface area contributed by atoms with Crippen LogP contribution in [0.4, 0.5) is 16.3 Å². The third-order valence-corrected chi connectivity index (χ3v) is 6.02. The predicted molar refractivity (Wildman–Crippen MR) is 113 cm³/mol. The molecule has 2 saturated heterocycles. The summed E-state index contributed by atoms with van der Waals surface area (Å²) >= 11 is 0. The number of nitrogens with zero attached hydrogens (tertiary/aromatic N) is 6. The molecule has 4 heterocycles. The smallest absolute Gasteiger partial charge is 0.321 e. The van der Waals surface area contributed by atoms with Gasteiger partial charge in [-0.15, -0.1) is 0 Å². The first-order valence-electron chi connectivity index (χ1n) is 10.2. The molecule has 2 aromatic heterocycles. The Morgan fingerprint density at radius 3 is 2.60 bits per heavy atom. The first-order valence-corrected chi connectivity index (χ1v) is 10.2. The molecule has 2 aliphatic heterocycles. The first-order chi connectivity index (χ1) is 14.7. The molecule has 3 aromatic rings. The van der Waals surface area contributed by atoms with Crippen LogP contribution in [0.15, 0.2) is 43.0 Å². The number of imidazole rings is 1. The van der Waals surface area contributed by atoms with E-state index in [0.29, 0.717) is 25.0 Å². The van der Waals surface area contributed by atoms with Crippen LogP contribution in [0.5, 0.6) is 0 Å². The first kappa shape index (κ1) is 18.8. The number of carbonyl (C=O) groups excluding carboxylic acids is 1. The number of amides is 2. The summed E-state index contributed by atoms with van der Waals surface area (Å²) in [5, 5.41) is 2.99. The largest absolute Gasteiger partial charge is 0.383 e. The summed E-state index contributed by atoms with van der Waals surface area (Å²) < 4.78 is 7.17. The minimum Gasteiger partial charge on any atom is -0.383 e. The van der Waals surface area contributed by atoms with Crippen LogP contribution in [-0.2, 0) is 11.3 Å². The van der Waals surface area contributed by atoms with Gasteiger partial charge in [-0.3, -0.25) is 0 Å². The Labute approximate surface area is 174 Å². The molecule has 9 nitrogen and oxygen atoms in total. The van der Waals surface area contributed by atoms with Crippen LogP contribution in [0.3, 0.4) is 0 Å². The van der Waals surface area contributed by atoms with Crippen molar-refractivity contribution in [1.29, 1.82) is 0 Å². The number of hydrogen-bond acceptors (Lipinski definition) is 6. The average Bonchev–Trinajstić information content (AvgIpc) is 3.46. The summed E-state index contributed by atoms with van der Waals surface area (Å²) in [6, 6.07) is 9.57. The predicted octanol–water partition coefficient (Wildman–Crippen LogP) is 2.07. The van der Waals surface area contributed by atoms with Crippen molar-refractivity contribution >= 4 is 28.7 Å². The van der Waals surface area contributed by atoms with Crippen LogP contribution in [0.1, 0.15) is 0 Å². The fourth-order valence-electron chi connectivity index (χ4n) is 4.51. The topological polar surface area (TPSA) is 88.4 Å². The molecule has 0 radical (unpaired) electrons. The lowest BCUT2D eigenvalue weighted by Gasteiger charge is -2.22. The fourth-order valence-corrected chi connectivity index (χ4v) is 4.51. The van der Waals surface area contributed by atoms with Crippen molar-refractivity contribution in [2.24, 2.45) is 11.8 Å². The molecular weight excluding hydrogens is 382 g/mol. The maximum absolute atomic E-state index is 12.6. The van der Waals surface area contributed by atoms with Crippen molar-refractivity contribution in [2.75, 3.05) is 50.1 Å². The van der Waals surface area contributed by atoms with Crippen LogP contribution >= 0.6 is 0 Å². The highest BCUT2D eigenvalue weighted by molar-refractivity contribution is 5.89. The molecule has 2 fully saturated rings. The lowest BCUT2D eigenvalue weighted by Crippen LogP contribution is -2.36. The number of rotatable bonds is 5. The maximum atomic E-state index is 12.6. The molecular formula is C21H25N7O2. The second kappa shape index (κ2) is 7.91. The molecule has 1 aromatic carbocycles.